The minimum Gasteiger partial charge on any atom is -0.497 e. The fraction of sp³-hybridized carbons (Fsp3) is 0.438. The maximum Gasteiger partial charge on any atom is 0.124 e. The molecule has 4 heterocycles. The Morgan fingerprint density at radius 1 is 1.00 bits per heavy atom. The van der Waals surface area contributed by atoms with Gasteiger partial charge in [-0.2, -0.15) is 10.4 Å². The quantitative estimate of drug-likeness (QED) is 0.264. The Bertz CT molecular complexity index is 1540. The maximum atomic E-state index is 9.38. The average molecular weight is 568 g/mol. The van der Waals surface area contributed by atoms with Crippen molar-refractivity contribution < 1.29 is 14.2 Å². The summed E-state index contributed by atoms with van der Waals surface area (Å²) in [6.07, 6.45) is 8.82. The molecule has 42 heavy (non-hydrogen) atoms. The zero-order valence-electron chi connectivity index (χ0n) is 24.3. The number of hydrogen-bond donors (Lipinski definition) is 0. The predicted molar refractivity (Wildman–Crippen MR) is 161 cm³/mol. The van der Waals surface area contributed by atoms with Gasteiger partial charge in [0.25, 0.3) is 0 Å². The van der Waals surface area contributed by atoms with E-state index < -0.39 is 0 Å². The summed E-state index contributed by atoms with van der Waals surface area (Å²) in [6.45, 7) is 5.84. The number of fused-ring (bicyclic) bond motifs is 1. The molecule has 0 N–H and O–H groups in total. The molecule has 0 bridgehead atoms. The third kappa shape index (κ3) is 6.32. The molecule has 4 aromatic rings. The number of ether oxygens (including phenoxy) is 3. The van der Waals surface area contributed by atoms with E-state index in [1.807, 2.05) is 41.3 Å². The van der Waals surface area contributed by atoms with Crippen LogP contribution >= 0.6 is 0 Å². The molecular formula is C32H37N7O3. The van der Waals surface area contributed by atoms with E-state index >= 15 is 0 Å². The number of hydrogen-bond acceptors (Lipinski definition) is 9. The minimum absolute atomic E-state index is 0.103. The molecule has 2 aliphatic rings. The highest BCUT2D eigenvalue weighted by atomic mass is 16.5. The first kappa shape index (κ1) is 27.9. The smallest absolute Gasteiger partial charge is 0.124 e. The summed E-state index contributed by atoms with van der Waals surface area (Å²) in [5, 5.41) is 14.0. The second-order valence-electron chi connectivity index (χ2n) is 11.1. The summed E-state index contributed by atoms with van der Waals surface area (Å²) in [7, 11) is 3.32. The van der Waals surface area contributed by atoms with Crippen molar-refractivity contribution >= 4 is 22.4 Å². The predicted octanol–water partition coefficient (Wildman–Crippen LogP) is 4.92. The number of methoxy groups -OCH3 is 2. The standard InChI is InChI=1S/C32H37N7O3/c1-40-28-13-27(14-29(16-28)41-2)39(10-9-37-8-5-24(17-33)20-37)26-3-4-30-31(15-26)36-32(19-34-30)25-18-35-38(22-25)21-23-6-11-42-12-7-23/h3-4,13-16,18-19,22-24H,5-12,20-21H2,1-2H3/t24-/m1/s1. The molecule has 0 spiro atoms. The van der Waals surface area contributed by atoms with E-state index in [0.29, 0.717) is 5.92 Å². The van der Waals surface area contributed by atoms with Gasteiger partial charge >= 0.3 is 0 Å². The minimum atomic E-state index is 0.103. The topological polar surface area (TPSA) is 102 Å². The van der Waals surface area contributed by atoms with Crippen LogP contribution in [0.2, 0.25) is 0 Å². The number of aromatic nitrogens is 4. The first-order valence-electron chi connectivity index (χ1n) is 14.6. The van der Waals surface area contributed by atoms with Crippen LogP contribution in [0.5, 0.6) is 11.5 Å². The Balaban J connectivity index is 1.29. The van der Waals surface area contributed by atoms with Gasteiger partial charge in [-0.25, -0.2) is 4.98 Å². The van der Waals surface area contributed by atoms with Crippen LogP contribution in [0, 0.1) is 23.2 Å². The second-order valence-corrected chi connectivity index (χ2v) is 11.1. The summed E-state index contributed by atoms with van der Waals surface area (Å²) in [5.41, 5.74) is 5.35. The molecule has 2 aromatic carbocycles. The highest BCUT2D eigenvalue weighted by Crippen LogP contribution is 2.34. The van der Waals surface area contributed by atoms with Crippen molar-refractivity contribution in [2.45, 2.75) is 25.8 Å². The molecule has 6 rings (SSSR count). The normalized spacial score (nSPS) is 17.8. The van der Waals surface area contributed by atoms with E-state index in [1.165, 1.54) is 0 Å². The van der Waals surface area contributed by atoms with Gasteiger partial charge in [-0.05, 0) is 49.9 Å². The fourth-order valence-electron chi connectivity index (χ4n) is 5.83. The van der Waals surface area contributed by atoms with Gasteiger partial charge in [0.15, 0.2) is 0 Å². The molecule has 2 fully saturated rings. The van der Waals surface area contributed by atoms with Gasteiger partial charge in [-0.15, -0.1) is 0 Å². The largest absolute Gasteiger partial charge is 0.497 e. The first-order valence-corrected chi connectivity index (χ1v) is 14.6. The third-order valence-corrected chi connectivity index (χ3v) is 8.30. The van der Waals surface area contributed by atoms with Crippen LogP contribution in [0.25, 0.3) is 22.3 Å². The van der Waals surface area contributed by atoms with E-state index in [9.17, 15) is 5.26 Å². The Hall–Kier alpha value is -4.20. The number of likely N-dealkylation sites (tertiary alicyclic amines) is 1. The molecule has 2 aliphatic heterocycles. The van der Waals surface area contributed by atoms with Crippen molar-refractivity contribution in [1.82, 2.24) is 24.6 Å². The van der Waals surface area contributed by atoms with Crippen molar-refractivity contribution in [3.05, 3.63) is 55.0 Å². The Labute approximate surface area is 246 Å². The molecule has 2 aromatic heterocycles. The number of nitrogens with zero attached hydrogens (tertiary/aromatic N) is 7. The van der Waals surface area contributed by atoms with Crippen LogP contribution in [0.1, 0.15) is 19.3 Å². The number of rotatable bonds is 10. The lowest BCUT2D eigenvalue weighted by molar-refractivity contribution is 0.0601. The third-order valence-electron chi connectivity index (χ3n) is 8.30. The van der Waals surface area contributed by atoms with E-state index in [0.717, 1.165) is 110 Å². The molecule has 0 amide bonds. The van der Waals surface area contributed by atoms with Crippen molar-refractivity contribution in [3.63, 3.8) is 0 Å². The Morgan fingerprint density at radius 2 is 1.81 bits per heavy atom. The summed E-state index contributed by atoms with van der Waals surface area (Å²) < 4.78 is 18.7. The first-order chi connectivity index (χ1) is 20.6. The van der Waals surface area contributed by atoms with Crippen molar-refractivity contribution in [2.75, 3.05) is 58.5 Å². The van der Waals surface area contributed by atoms with Crippen LogP contribution in [0.3, 0.4) is 0 Å². The summed E-state index contributed by atoms with van der Waals surface area (Å²) >= 11 is 0. The summed E-state index contributed by atoms with van der Waals surface area (Å²) in [5.74, 6) is 2.14. The number of anilines is 2. The van der Waals surface area contributed by atoms with E-state index in [-0.39, 0.29) is 5.92 Å². The van der Waals surface area contributed by atoms with E-state index in [4.69, 9.17) is 24.2 Å². The van der Waals surface area contributed by atoms with Gasteiger partial charge in [0.1, 0.15) is 11.5 Å². The molecule has 0 aliphatic carbocycles. The second kappa shape index (κ2) is 12.8. The van der Waals surface area contributed by atoms with Crippen LogP contribution in [0.4, 0.5) is 11.4 Å². The number of benzene rings is 2. The highest BCUT2D eigenvalue weighted by molar-refractivity contribution is 5.82. The lowest BCUT2D eigenvalue weighted by Crippen LogP contribution is -2.31. The molecular weight excluding hydrogens is 530 g/mol. The van der Waals surface area contributed by atoms with E-state index in [2.05, 4.69) is 39.3 Å². The lowest BCUT2D eigenvalue weighted by Gasteiger charge is -2.28. The molecule has 10 heteroatoms. The van der Waals surface area contributed by atoms with Crippen molar-refractivity contribution in [3.8, 4) is 28.8 Å². The molecule has 0 unspecified atom stereocenters. The molecule has 0 radical (unpaired) electrons. The van der Waals surface area contributed by atoms with Crippen LogP contribution in [0.15, 0.2) is 55.0 Å². The van der Waals surface area contributed by atoms with Gasteiger partial charge in [0, 0.05) is 80.7 Å². The maximum absolute atomic E-state index is 9.38. The van der Waals surface area contributed by atoms with Gasteiger partial charge in [0.05, 0.1) is 55.3 Å². The molecule has 1 atom stereocenters. The van der Waals surface area contributed by atoms with Crippen molar-refractivity contribution in [2.24, 2.45) is 11.8 Å². The highest BCUT2D eigenvalue weighted by Gasteiger charge is 2.23. The SMILES string of the molecule is COc1cc(OC)cc(N(CCN2CC[C@H](C#N)C2)c2ccc3ncc(-c4cnn(CC5CCOCC5)c4)nc3c2)c1. The van der Waals surface area contributed by atoms with Crippen LogP contribution in [-0.4, -0.2) is 78.3 Å². The van der Waals surface area contributed by atoms with Crippen LogP contribution in [-0.2, 0) is 11.3 Å². The van der Waals surface area contributed by atoms with Gasteiger partial charge in [-0.3, -0.25) is 9.67 Å². The molecule has 0 saturated carbocycles. The lowest BCUT2D eigenvalue weighted by atomic mass is 10.0. The Kier molecular flexibility index (Phi) is 8.49. The van der Waals surface area contributed by atoms with E-state index in [1.54, 1.807) is 14.2 Å². The van der Waals surface area contributed by atoms with Crippen LogP contribution < -0.4 is 14.4 Å². The van der Waals surface area contributed by atoms with Crippen molar-refractivity contribution in [1.29, 1.82) is 5.26 Å². The van der Waals surface area contributed by atoms with Gasteiger partial charge in [0.2, 0.25) is 0 Å². The van der Waals surface area contributed by atoms with Gasteiger partial charge < -0.3 is 24.0 Å². The molecule has 2 saturated heterocycles. The Morgan fingerprint density at radius 3 is 2.55 bits per heavy atom. The number of nitriles is 1. The monoisotopic (exact) mass is 567 g/mol. The summed E-state index contributed by atoms with van der Waals surface area (Å²) in [6, 6.07) is 14.5. The molecule has 218 valence electrons. The fourth-order valence-corrected chi connectivity index (χ4v) is 5.83. The zero-order valence-corrected chi connectivity index (χ0v) is 24.3. The zero-order chi connectivity index (χ0) is 28.9. The average Bonchev–Trinajstić information content (AvgIpc) is 3.71. The summed E-state index contributed by atoms with van der Waals surface area (Å²) in [4.78, 5) is 14.3. The molecule has 10 nitrogen and oxygen atoms in total. The van der Waals surface area contributed by atoms with Gasteiger partial charge in [-0.1, -0.05) is 0 Å².